The first-order valence-electron chi connectivity index (χ1n) is 15.0. The van der Waals surface area contributed by atoms with Crippen molar-refractivity contribution in [2.75, 3.05) is 18.1 Å². The molecule has 0 aromatic heterocycles. The number of fused-ring (bicyclic) bond motifs is 3. The lowest BCUT2D eigenvalue weighted by atomic mass is 9.69. The summed E-state index contributed by atoms with van der Waals surface area (Å²) in [7, 11) is 0. The SMILES string of the molecule is CCC/C(=C\c1ccccc1O)CC[C@H]1OC[C@H]2C1=C(COc1ccccc1)C[C@H]1C(=O)N(c3ccccc3)C(=O)[C@H]12. The Bertz CT molecular complexity index is 1500. The van der Waals surface area contributed by atoms with Crippen LogP contribution in [0.25, 0.3) is 6.08 Å². The van der Waals surface area contributed by atoms with Gasteiger partial charge in [-0.25, -0.2) is 0 Å². The van der Waals surface area contributed by atoms with Crippen LogP contribution >= 0.6 is 0 Å². The van der Waals surface area contributed by atoms with Gasteiger partial charge in [-0.1, -0.05) is 79.6 Å². The fourth-order valence-electron chi connectivity index (χ4n) is 6.86. The Balaban J connectivity index is 1.29. The predicted molar refractivity (Wildman–Crippen MR) is 163 cm³/mol. The van der Waals surface area contributed by atoms with Gasteiger partial charge in [-0.05, 0) is 67.2 Å². The number of para-hydroxylation sites is 3. The molecule has 0 radical (unpaired) electrons. The smallest absolute Gasteiger partial charge is 0.238 e. The van der Waals surface area contributed by atoms with E-state index in [1.807, 2.05) is 78.9 Å². The van der Waals surface area contributed by atoms with Gasteiger partial charge in [0.2, 0.25) is 11.8 Å². The molecule has 0 spiro atoms. The van der Waals surface area contributed by atoms with Crippen molar-refractivity contribution < 1.29 is 24.2 Å². The van der Waals surface area contributed by atoms with Gasteiger partial charge < -0.3 is 14.6 Å². The van der Waals surface area contributed by atoms with Gasteiger partial charge in [-0.3, -0.25) is 14.5 Å². The summed E-state index contributed by atoms with van der Waals surface area (Å²) in [5.41, 5.74) is 4.91. The Morgan fingerprint density at radius 2 is 1.64 bits per heavy atom. The van der Waals surface area contributed by atoms with Crippen LogP contribution in [-0.2, 0) is 14.3 Å². The second-order valence-electron chi connectivity index (χ2n) is 11.4. The third kappa shape index (κ3) is 5.51. The van der Waals surface area contributed by atoms with E-state index in [-0.39, 0.29) is 29.6 Å². The Labute approximate surface area is 247 Å². The predicted octanol–water partition coefficient (Wildman–Crippen LogP) is 6.96. The van der Waals surface area contributed by atoms with Gasteiger partial charge in [0.05, 0.1) is 30.2 Å². The minimum Gasteiger partial charge on any atom is -0.507 e. The number of carbonyl (C=O) groups excluding carboxylic acids is 2. The van der Waals surface area contributed by atoms with Crippen molar-refractivity contribution in [1.29, 1.82) is 0 Å². The van der Waals surface area contributed by atoms with Crippen molar-refractivity contribution in [1.82, 2.24) is 0 Å². The van der Waals surface area contributed by atoms with Gasteiger partial charge in [0.15, 0.2) is 0 Å². The Kier molecular flexibility index (Phi) is 8.24. The largest absolute Gasteiger partial charge is 0.507 e. The number of benzene rings is 3. The first-order valence-corrected chi connectivity index (χ1v) is 15.0. The first kappa shape index (κ1) is 28.0. The highest BCUT2D eigenvalue weighted by molar-refractivity contribution is 6.22. The summed E-state index contributed by atoms with van der Waals surface area (Å²) < 4.78 is 12.7. The van der Waals surface area contributed by atoms with Crippen molar-refractivity contribution in [3.05, 3.63) is 107 Å². The lowest BCUT2D eigenvalue weighted by Crippen LogP contribution is -2.35. The average Bonchev–Trinajstić information content (AvgIpc) is 3.55. The normalized spacial score (nSPS) is 23.7. The molecular formula is C36H37NO5. The first-order chi connectivity index (χ1) is 20.5. The number of aromatic hydroxyl groups is 1. The number of ether oxygens (including phenoxy) is 2. The molecule has 6 nitrogen and oxygen atoms in total. The highest BCUT2D eigenvalue weighted by atomic mass is 16.5. The second-order valence-corrected chi connectivity index (χ2v) is 11.4. The topological polar surface area (TPSA) is 76.1 Å². The summed E-state index contributed by atoms with van der Waals surface area (Å²) in [4.78, 5) is 28.9. The number of hydrogen-bond donors (Lipinski definition) is 1. The van der Waals surface area contributed by atoms with Crippen LogP contribution in [-0.4, -0.2) is 36.2 Å². The van der Waals surface area contributed by atoms with E-state index in [9.17, 15) is 14.7 Å². The molecule has 0 bridgehead atoms. The number of carbonyl (C=O) groups is 2. The summed E-state index contributed by atoms with van der Waals surface area (Å²) in [6.07, 6.45) is 5.94. The van der Waals surface area contributed by atoms with E-state index < -0.39 is 11.8 Å². The zero-order chi connectivity index (χ0) is 29.1. The van der Waals surface area contributed by atoms with Crippen LogP contribution in [0.5, 0.6) is 11.5 Å². The molecule has 2 fully saturated rings. The Morgan fingerprint density at radius 1 is 0.929 bits per heavy atom. The summed E-state index contributed by atoms with van der Waals surface area (Å²) >= 11 is 0. The maximum absolute atomic E-state index is 13.8. The third-order valence-electron chi connectivity index (χ3n) is 8.77. The van der Waals surface area contributed by atoms with Crippen molar-refractivity contribution in [2.24, 2.45) is 17.8 Å². The molecule has 0 saturated carbocycles. The summed E-state index contributed by atoms with van der Waals surface area (Å²) in [5.74, 6) is -0.203. The number of imide groups is 1. The Morgan fingerprint density at radius 3 is 2.38 bits per heavy atom. The molecule has 6 rings (SSSR count). The highest BCUT2D eigenvalue weighted by Gasteiger charge is 2.57. The molecule has 42 heavy (non-hydrogen) atoms. The molecule has 3 aromatic carbocycles. The van der Waals surface area contributed by atoms with Gasteiger partial charge in [0.1, 0.15) is 18.1 Å². The lowest BCUT2D eigenvalue weighted by molar-refractivity contribution is -0.122. The summed E-state index contributed by atoms with van der Waals surface area (Å²) in [6, 6.07) is 26.3. The molecule has 1 aliphatic carbocycles. The monoisotopic (exact) mass is 563 g/mol. The number of allylic oxidation sites excluding steroid dienone is 1. The summed E-state index contributed by atoms with van der Waals surface area (Å²) in [5, 5.41) is 10.3. The van der Waals surface area contributed by atoms with E-state index in [4.69, 9.17) is 9.47 Å². The fourth-order valence-corrected chi connectivity index (χ4v) is 6.86. The highest BCUT2D eigenvalue weighted by Crippen LogP contribution is 2.50. The van der Waals surface area contributed by atoms with Gasteiger partial charge in [0, 0.05) is 11.5 Å². The molecule has 0 unspecified atom stereocenters. The zero-order valence-corrected chi connectivity index (χ0v) is 23.9. The van der Waals surface area contributed by atoms with Crippen LogP contribution in [0.4, 0.5) is 5.69 Å². The number of anilines is 1. The molecule has 2 aliphatic heterocycles. The number of hydrogen-bond acceptors (Lipinski definition) is 5. The fraction of sp³-hybridized carbons (Fsp3) is 0.333. The van der Waals surface area contributed by atoms with Crippen LogP contribution < -0.4 is 9.64 Å². The zero-order valence-electron chi connectivity index (χ0n) is 23.9. The molecule has 6 heteroatoms. The number of rotatable bonds is 10. The maximum Gasteiger partial charge on any atom is 0.238 e. The molecule has 2 heterocycles. The molecular weight excluding hydrogens is 526 g/mol. The third-order valence-corrected chi connectivity index (χ3v) is 8.77. The van der Waals surface area contributed by atoms with Gasteiger partial charge in [-0.2, -0.15) is 0 Å². The van der Waals surface area contributed by atoms with E-state index >= 15 is 0 Å². The van der Waals surface area contributed by atoms with Crippen molar-refractivity contribution in [2.45, 2.75) is 45.1 Å². The number of phenols is 1. The molecule has 2 amide bonds. The van der Waals surface area contributed by atoms with E-state index in [1.54, 1.807) is 6.07 Å². The van der Waals surface area contributed by atoms with Crippen molar-refractivity contribution in [3.8, 4) is 11.5 Å². The molecule has 4 atom stereocenters. The maximum atomic E-state index is 13.8. The van der Waals surface area contributed by atoms with Gasteiger partial charge in [0.25, 0.3) is 0 Å². The van der Waals surface area contributed by atoms with Crippen LogP contribution in [0.1, 0.15) is 44.6 Å². The van der Waals surface area contributed by atoms with E-state index in [0.29, 0.717) is 25.3 Å². The number of amides is 2. The van der Waals surface area contributed by atoms with Crippen LogP contribution in [0.2, 0.25) is 0 Å². The van der Waals surface area contributed by atoms with E-state index in [0.717, 1.165) is 48.1 Å². The number of nitrogens with zero attached hydrogens (tertiary/aromatic N) is 1. The quantitative estimate of drug-likeness (QED) is 0.213. The lowest BCUT2D eigenvalue weighted by Gasteiger charge is -2.31. The van der Waals surface area contributed by atoms with Crippen LogP contribution in [0.15, 0.2) is 102 Å². The van der Waals surface area contributed by atoms with E-state index in [2.05, 4.69) is 13.0 Å². The molecule has 3 aliphatic rings. The van der Waals surface area contributed by atoms with Crippen LogP contribution in [0, 0.1) is 17.8 Å². The molecule has 216 valence electrons. The van der Waals surface area contributed by atoms with Crippen LogP contribution in [0.3, 0.4) is 0 Å². The Hall–Kier alpha value is -4.16. The minimum absolute atomic E-state index is 0.128. The standard InChI is InChI=1S/C36H37NO5/c1-2-11-24(20-25-12-9-10-17-31(25)38)18-19-32-33-26(22-41-28-15-7-4-8-16-28)21-29-34(30(33)23-42-32)36(40)37(35(29)39)27-13-5-3-6-14-27/h3-10,12-17,20,29-30,32,34,38H,2,11,18-19,21-23H2,1H3/b24-20+/t29-,30+,32-,34-/m1/s1. The van der Waals surface area contributed by atoms with Crippen molar-refractivity contribution in [3.63, 3.8) is 0 Å². The van der Waals surface area contributed by atoms with Crippen molar-refractivity contribution >= 4 is 23.6 Å². The van der Waals surface area contributed by atoms with Gasteiger partial charge >= 0.3 is 0 Å². The minimum atomic E-state index is -0.426. The second kappa shape index (κ2) is 12.4. The average molecular weight is 564 g/mol. The molecule has 2 saturated heterocycles. The van der Waals surface area contributed by atoms with Gasteiger partial charge in [-0.15, -0.1) is 0 Å². The summed E-state index contributed by atoms with van der Waals surface area (Å²) in [6.45, 7) is 2.94. The molecule has 1 N–H and O–H groups in total. The number of phenolic OH excluding ortho intramolecular Hbond substituents is 1. The molecule has 3 aromatic rings. The van der Waals surface area contributed by atoms with E-state index in [1.165, 1.54) is 10.5 Å².